The maximum absolute atomic E-state index is 12.5. The van der Waals surface area contributed by atoms with E-state index < -0.39 is 35.5 Å². The summed E-state index contributed by atoms with van der Waals surface area (Å²) in [6, 6.07) is 6.40. The van der Waals surface area contributed by atoms with Crippen LogP contribution in [0.4, 0.5) is 4.79 Å². The fourth-order valence-electron chi connectivity index (χ4n) is 2.64. The number of phenolic OH excluding ortho intramolecular Hbond substituents is 2. The van der Waals surface area contributed by atoms with Crippen molar-refractivity contribution in [2.45, 2.75) is 6.92 Å². The molecule has 0 aliphatic heterocycles. The number of aliphatic carboxylic acids is 1. The molecule has 0 saturated carbocycles. The molecular weight excluding hydrogens is 386 g/mol. The maximum Gasteiger partial charge on any atom is 0.413 e. The van der Waals surface area contributed by atoms with Gasteiger partial charge in [0.2, 0.25) is 11.2 Å². The van der Waals surface area contributed by atoms with Gasteiger partial charge in [-0.3, -0.25) is 9.59 Å². The average molecular weight is 401 g/mol. The number of fused-ring (bicyclic) bond motifs is 1. The summed E-state index contributed by atoms with van der Waals surface area (Å²) in [5.41, 5.74) is -0.149. The quantitative estimate of drug-likeness (QED) is 0.439. The van der Waals surface area contributed by atoms with E-state index in [0.29, 0.717) is 5.56 Å². The number of rotatable bonds is 4. The molecule has 150 valence electrons. The Morgan fingerprint density at radius 3 is 2.52 bits per heavy atom. The molecule has 5 N–H and O–H groups in total. The number of hydrogen-bond acceptors (Lipinski definition) is 8. The lowest BCUT2D eigenvalue weighted by Gasteiger charge is -2.11. The zero-order valence-corrected chi connectivity index (χ0v) is 14.9. The average Bonchev–Trinajstić information content (AvgIpc) is 2.64. The molecule has 29 heavy (non-hydrogen) atoms. The van der Waals surface area contributed by atoms with E-state index in [2.05, 4.69) is 0 Å². The minimum Gasteiger partial charge on any atom is -0.507 e. The molecule has 0 aliphatic carbocycles. The highest BCUT2D eigenvalue weighted by molar-refractivity contribution is 5.87. The van der Waals surface area contributed by atoms with Crippen LogP contribution in [0.2, 0.25) is 0 Å². The van der Waals surface area contributed by atoms with Gasteiger partial charge in [0.1, 0.15) is 23.3 Å². The van der Waals surface area contributed by atoms with E-state index in [-0.39, 0.29) is 33.8 Å². The number of aromatic hydroxyl groups is 3. The van der Waals surface area contributed by atoms with Crippen molar-refractivity contribution in [3.05, 3.63) is 46.1 Å². The third-order valence-electron chi connectivity index (χ3n) is 3.90. The van der Waals surface area contributed by atoms with E-state index in [4.69, 9.17) is 14.3 Å². The summed E-state index contributed by atoms with van der Waals surface area (Å²) >= 11 is 0. The van der Waals surface area contributed by atoms with Crippen molar-refractivity contribution >= 4 is 23.0 Å². The summed E-state index contributed by atoms with van der Waals surface area (Å²) in [6.07, 6.45) is -1.13. The predicted molar refractivity (Wildman–Crippen MR) is 99.3 cm³/mol. The zero-order valence-electron chi connectivity index (χ0n) is 14.9. The second-order valence-electron chi connectivity index (χ2n) is 6.09. The van der Waals surface area contributed by atoms with E-state index in [1.54, 1.807) is 6.92 Å². The molecule has 0 radical (unpaired) electrons. The highest BCUT2D eigenvalue weighted by atomic mass is 16.6. The first-order valence-electron chi connectivity index (χ1n) is 8.17. The number of phenols is 2. The lowest BCUT2D eigenvalue weighted by atomic mass is 10.1. The minimum absolute atomic E-state index is 0.0232. The number of hydrogen-bond donors (Lipinski definition) is 5. The smallest absolute Gasteiger partial charge is 0.413 e. The summed E-state index contributed by atoms with van der Waals surface area (Å²) in [7, 11) is 0. The first-order valence-corrected chi connectivity index (χ1v) is 8.17. The monoisotopic (exact) mass is 401 g/mol. The van der Waals surface area contributed by atoms with Crippen molar-refractivity contribution in [3.8, 4) is 34.3 Å². The van der Waals surface area contributed by atoms with Gasteiger partial charge in [-0.1, -0.05) is 0 Å². The van der Waals surface area contributed by atoms with Crippen LogP contribution in [0.5, 0.6) is 23.0 Å². The van der Waals surface area contributed by atoms with Crippen LogP contribution in [-0.4, -0.2) is 39.0 Å². The van der Waals surface area contributed by atoms with Gasteiger partial charge in [0.05, 0.1) is 0 Å². The summed E-state index contributed by atoms with van der Waals surface area (Å²) in [4.78, 5) is 34.6. The number of aryl methyl sites for hydroxylation is 1. The standard InChI is InChI=1S/C19H15NO9/c1-8-4-11(22)15-13(5-8)28-18(17(26)16(15)25)9-2-3-10(21)12(6-9)29-19(27)20-7-14(23)24/h2-6,21-22,26H,7H2,1H3,(H,20,27)(H,23,24). The highest BCUT2D eigenvalue weighted by Crippen LogP contribution is 2.37. The van der Waals surface area contributed by atoms with Crippen molar-refractivity contribution in [1.82, 2.24) is 5.32 Å². The Bertz CT molecular complexity index is 1200. The Labute approximate surface area is 162 Å². The third kappa shape index (κ3) is 3.90. The van der Waals surface area contributed by atoms with Crippen LogP contribution in [-0.2, 0) is 4.79 Å². The molecular formula is C19H15NO9. The van der Waals surface area contributed by atoms with Crippen molar-refractivity contribution in [3.63, 3.8) is 0 Å². The van der Waals surface area contributed by atoms with Gasteiger partial charge in [-0.05, 0) is 42.8 Å². The van der Waals surface area contributed by atoms with Gasteiger partial charge in [-0.2, -0.15) is 0 Å². The molecule has 0 aliphatic rings. The van der Waals surface area contributed by atoms with Crippen molar-refractivity contribution < 1.29 is 39.2 Å². The number of carbonyl (C=O) groups excluding carboxylic acids is 1. The minimum atomic E-state index is -1.29. The molecule has 0 atom stereocenters. The van der Waals surface area contributed by atoms with Crippen molar-refractivity contribution in [2.75, 3.05) is 6.54 Å². The Morgan fingerprint density at radius 2 is 1.83 bits per heavy atom. The summed E-state index contributed by atoms with van der Waals surface area (Å²) < 4.78 is 10.4. The number of carbonyl (C=O) groups is 2. The van der Waals surface area contributed by atoms with Gasteiger partial charge < -0.3 is 34.9 Å². The van der Waals surface area contributed by atoms with Crippen LogP contribution in [0.25, 0.3) is 22.3 Å². The number of carboxylic acid groups (broad SMARTS) is 1. The van der Waals surface area contributed by atoms with E-state index in [0.717, 1.165) is 12.1 Å². The molecule has 1 aromatic heterocycles. The molecule has 1 heterocycles. The molecule has 0 bridgehead atoms. The van der Waals surface area contributed by atoms with E-state index in [1.165, 1.54) is 18.2 Å². The number of benzene rings is 2. The Kier molecular flexibility index (Phi) is 5.01. The van der Waals surface area contributed by atoms with E-state index in [1.807, 2.05) is 5.32 Å². The summed E-state index contributed by atoms with van der Waals surface area (Å²) in [6.45, 7) is 0.983. The molecule has 10 heteroatoms. The van der Waals surface area contributed by atoms with Gasteiger partial charge in [0, 0.05) is 5.56 Å². The summed E-state index contributed by atoms with van der Waals surface area (Å²) in [5, 5.41) is 40.4. The van der Waals surface area contributed by atoms with Crippen LogP contribution in [0.3, 0.4) is 0 Å². The van der Waals surface area contributed by atoms with Gasteiger partial charge in [0.15, 0.2) is 17.3 Å². The second kappa shape index (κ2) is 7.43. The highest BCUT2D eigenvalue weighted by Gasteiger charge is 2.20. The molecule has 0 spiro atoms. The van der Waals surface area contributed by atoms with Crippen LogP contribution in [0, 0.1) is 6.92 Å². The van der Waals surface area contributed by atoms with Crippen molar-refractivity contribution in [2.24, 2.45) is 0 Å². The Hall–Kier alpha value is -4.21. The number of ether oxygens (including phenoxy) is 1. The van der Waals surface area contributed by atoms with Crippen molar-refractivity contribution in [1.29, 1.82) is 0 Å². The van der Waals surface area contributed by atoms with E-state index in [9.17, 15) is 29.7 Å². The molecule has 10 nitrogen and oxygen atoms in total. The van der Waals surface area contributed by atoms with Crippen LogP contribution < -0.4 is 15.5 Å². The molecule has 1 amide bonds. The molecule has 3 aromatic rings. The zero-order chi connectivity index (χ0) is 21.3. The number of amides is 1. The SMILES string of the molecule is Cc1cc(O)c2c(=O)c(O)c(-c3ccc(O)c(OC(=O)NCC(=O)O)c3)oc2c1. The number of nitrogens with one attached hydrogen (secondary N) is 1. The molecule has 0 fully saturated rings. The van der Waals surface area contributed by atoms with Crippen LogP contribution in [0.15, 0.2) is 39.5 Å². The van der Waals surface area contributed by atoms with Gasteiger partial charge in [-0.25, -0.2) is 4.79 Å². The second-order valence-corrected chi connectivity index (χ2v) is 6.09. The molecule has 3 rings (SSSR count). The fourth-order valence-corrected chi connectivity index (χ4v) is 2.64. The predicted octanol–water partition coefficient (Wildman–Crippen LogP) is 2.06. The third-order valence-corrected chi connectivity index (χ3v) is 3.90. The summed E-state index contributed by atoms with van der Waals surface area (Å²) in [5.74, 6) is -3.51. The van der Waals surface area contributed by atoms with Crippen LogP contribution in [0.1, 0.15) is 5.56 Å². The lowest BCUT2D eigenvalue weighted by molar-refractivity contribution is -0.135. The van der Waals surface area contributed by atoms with Gasteiger partial charge in [-0.15, -0.1) is 0 Å². The van der Waals surface area contributed by atoms with Gasteiger partial charge >= 0.3 is 12.1 Å². The lowest BCUT2D eigenvalue weighted by Crippen LogP contribution is -2.31. The normalized spacial score (nSPS) is 10.7. The molecule has 0 unspecified atom stereocenters. The topological polar surface area (TPSA) is 167 Å². The van der Waals surface area contributed by atoms with Crippen LogP contribution >= 0.6 is 0 Å². The Morgan fingerprint density at radius 1 is 1.10 bits per heavy atom. The largest absolute Gasteiger partial charge is 0.507 e. The Balaban J connectivity index is 2.06. The first-order chi connectivity index (χ1) is 13.7. The van der Waals surface area contributed by atoms with E-state index >= 15 is 0 Å². The fraction of sp³-hybridized carbons (Fsp3) is 0.105. The maximum atomic E-state index is 12.5. The first kappa shape index (κ1) is 19.5. The van der Waals surface area contributed by atoms with Gasteiger partial charge in [0.25, 0.3) is 0 Å². The number of carboxylic acids is 1. The molecule has 0 saturated heterocycles. The molecule has 2 aromatic carbocycles.